The van der Waals surface area contributed by atoms with Gasteiger partial charge in [-0.3, -0.25) is 0 Å². The predicted molar refractivity (Wildman–Crippen MR) is 30.2 cm³/mol. The van der Waals surface area contributed by atoms with Gasteiger partial charge in [0.1, 0.15) is 0 Å². The molecule has 0 aliphatic carbocycles. The second-order valence-electron chi connectivity index (χ2n) is 1.43. The van der Waals surface area contributed by atoms with Crippen molar-refractivity contribution in [3.63, 3.8) is 0 Å². The van der Waals surface area contributed by atoms with E-state index in [1.807, 2.05) is 0 Å². The summed E-state index contributed by atoms with van der Waals surface area (Å²) in [6, 6.07) is 0. The molecular weight excluding hydrogens is 624 g/mol. The molecule has 0 rings (SSSR count). The summed E-state index contributed by atoms with van der Waals surface area (Å²) in [5.74, 6) is 0. The van der Waals surface area contributed by atoms with Gasteiger partial charge in [0.05, 0.1) is 0 Å². The Labute approximate surface area is 170 Å². The molecular formula is H11NO19V6. The first-order chi connectivity index (χ1) is 10.4. The van der Waals surface area contributed by atoms with Gasteiger partial charge in [-0.05, 0) is 0 Å². The van der Waals surface area contributed by atoms with Crippen molar-refractivity contribution in [1.82, 2.24) is 6.15 Å². The van der Waals surface area contributed by atoms with Gasteiger partial charge in [-0.15, -0.1) is 0 Å². The van der Waals surface area contributed by atoms with Gasteiger partial charge in [0.2, 0.25) is 0 Å². The van der Waals surface area contributed by atoms with Crippen LogP contribution in [0.2, 0.25) is 0 Å². The summed E-state index contributed by atoms with van der Waals surface area (Å²) >= 11 is -22.1. The van der Waals surface area contributed by atoms with E-state index in [-0.39, 0.29) is 11.6 Å². The summed E-state index contributed by atoms with van der Waals surface area (Å²) in [5.41, 5.74) is 0. The Morgan fingerprint density at radius 2 is 0.308 bits per heavy atom. The number of hydrogen-bond donors (Lipinski definition) is 7. The molecule has 26 heavy (non-hydrogen) atoms. The van der Waals surface area contributed by atoms with Crippen molar-refractivity contribution in [3.8, 4) is 0 Å². The molecule has 0 aromatic rings. The van der Waals surface area contributed by atoms with Crippen molar-refractivity contribution in [2.75, 3.05) is 0 Å². The van der Waals surface area contributed by atoms with Crippen LogP contribution in [0.25, 0.3) is 0 Å². The van der Waals surface area contributed by atoms with Crippen LogP contribution in [0.15, 0.2) is 0 Å². The normalized spacial score (nSPS) is 5.77. The van der Waals surface area contributed by atoms with Crippen molar-refractivity contribution >= 4 is 0 Å². The van der Waals surface area contributed by atoms with Crippen molar-refractivity contribution in [1.29, 1.82) is 0 Å². The molecule has 0 atom stereocenters. The monoisotopic (exact) mass is 635 g/mol. The van der Waals surface area contributed by atoms with Crippen LogP contribution in [0.3, 0.4) is 0 Å². The average molecular weight is 635 g/mol. The fourth-order valence-corrected chi connectivity index (χ4v) is 0. The van der Waals surface area contributed by atoms with E-state index in [0.29, 0.717) is 0 Å². The van der Waals surface area contributed by atoms with Gasteiger partial charge in [-0.1, -0.05) is 0 Å². The van der Waals surface area contributed by atoms with E-state index < -0.39 is 92.4 Å². The zero-order valence-electron chi connectivity index (χ0n) is 11.5. The first kappa shape index (κ1) is 50.5. The Morgan fingerprint density at radius 1 is 0.308 bits per heavy atom. The molecule has 0 aliphatic rings. The molecule has 0 saturated heterocycles. The van der Waals surface area contributed by atoms with Gasteiger partial charge in [0, 0.05) is 0 Å². The van der Waals surface area contributed by atoms with Crippen molar-refractivity contribution in [2.24, 2.45) is 0 Å². The summed E-state index contributed by atoms with van der Waals surface area (Å²) in [5, 5.41) is 0. The van der Waals surface area contributed by atoms with Gasteiger partial charge >= 0.3 is 161 Å². The van der Waals surface area contributed by atoms with Crippen LogP contribution in [-0.2, 0) is 136 Å². The quantitative estimate of drug-likeness (QED) is 0.131. The Morgan fingerprint density at radius 3 is 0.308 bits per heavy atom. The minimum absolute atomic E-state index is 0. The molecule has 160 valence electrons. The Hall–Kier alpha value is 0.786. The molecule has 0 amide bonds. The third-order valence-corrected chi connectivity index (χ3v) is 0. The maximum absolute atomic E-state index is 8.67. The summed E-state index contributed by atoms with van der Waals surface area (Å²) in [4.78, 5) is 0. The van der Waals surface area contributed by atoms with E-state index in [1.54, 1.807) is 0 Å². The molecule has 0 bridgehead atoms. The molecule has 0 radical (unpaired) electrons. The topological polar surface area (TPSA) is 393 Å². The second-order valence-corrected chi connectivity index (χ2v) is 5.88. The molecule has 0 saturated carbocycles. The van der Waals surface area contributed by atoms with E-state index in [9.17, 15) is 0 Å². The van der Waals surface area contributed by atoms with Crippen LogP contribution in [0.5, 0.6) is 0 Å². The van der Waals surface area contributed by atoms with Gasteiger partial charge in [0.25, 0.3) is 0 Å². The molecule has 0 heterocycles. The Kier molecular flexibility index (Phi) is 87.1. The third kappa shape index (κ3) is 22700. The fourth-order valence-electron chi connectivity index (χ4n) is 0. The number of hydrogen-bond acceptors (Lipinski definition) is 13. The molecule has 0 spiro atoms. The number of rotatable bonds is 0. The zero-order chi connectivity index (χ0) is 21.5. The van der Waals surface area contributed by atoms with Gasteiger partial charge in [0.15, 0.2) is 0 Å². The van der Waals surface area contributed by atoms with E-state index in [0.717, 1.165) is 0 Å². The SMILES string of the molecule is N.O.[O]=[V](=[O])[OH].[O]=[V](=[O])[OH].[O]=[V](=[O])[OH].[O]=[V](=[O])[OH].[O]=[V](=[O])[OH].[O]=[V](=[O])[OH]. The van der Waals surface area contributed by atoms with E-state index >= 15 is 0 Å². The predicted octanol–water partition coefficient (Wildman–Crippen LogP) is -5.45. The second kappa shape index (κ2) is 44.9. The summed E-state index contributed by atoms with van der Waals surface area (Å²) in [6.45, 7) is 0. The van der Waals surface area contributed by atoms with Crippen LogP contribution < -0.4 is 6.15 Å². The van der Waals surface area contributed by atoms with Crippen LogP contribution in [0.4, 0.5) is 0 Å². The van der Waals surface area contributed by atoms with Crippen LogP contribution in [0, 0.1) is 0 Å². The van der Waals surface area contributed by atoms with E-state index in [1.165, 1.54) is 0 Å². The van der Waals surface area contributed by atoms with Gasteiger partial charge < -0.3 is 11.6 Å². The van der Waals surface area contributed by atoms with Gasteiger partial charge in [-0.25, -0.2) is 0 Å². The fraction of sp³-hybridized carbons (Fsp3) is 0. The van der Waals surface area contributed by atoms with Gasteiger partial charge in [-0.2, -0.15) is 0 Å². The summed E-state index contributed by atoms with van der Waals surface area (Å²) < 4.78 is 147. The zero-order valence-corrected chi connectivity index (χ0v) is 19.9. The molecule has 26 heteroatoms. The van der Waals surface area contributed by atoms with Crippen molar-refractivity contribution < 1.29 is 166 Å². The Balaban J connectivity index is -0.0000000245. The standard InChI is InChI=1S/H3N.7H2O.12O.6V/h1H3;7*1H2;;;;;;;;;;;;;;;;;;/q;;;;;;;;;;;;;;;;;;;;6*+1/p-6. The average Bonchev–Trinajstić information content (AvgIpc) is 2.08. The first-order valence-corrected chi connectivity index (χ1v) is 14.0. The maximum atomic E-state index is 8.67. The van der Waals surface area contributed by atoms with Crippen molar-refractivity contribution in [2.45, 2.75) is 0 Å². The molecule has 0 fully saturated rings. The molecule has 0 unspecified atom stereocenters. The Bertz CT molecular complexity index is 472. The van der Waals surface area contributed by atoms with E-state index in [2.05, 4.69) is 0 Å². The summed E-state index contributed by atoms with van der Waals surface area (Å²) in [7, 11) is 0. The third-order valence-electron chi connectivity index (χ3n) is 0. The molecule has 11 N–H and O–H groups in total. The summed E-state index contributed by atoms with van der Waals surface area (Å²) in [6.07, 6.45) is 0. The molecule has 0 aromatic carbocycles. The van der Waals surface area contributed by atoms with Crippen LogP contribution >= 0.6 is 0 Å². The van der Waals surface area contributed by atoms with Crippen LogP contribution in [-0.4, -0.2) is 29.7 Å². The molecule has 20 nitrogen and oxygen atoms in total. The molecule has 0 aliphatic heterocycles. The first-order valence-electron chi connectivity index (χ1n) is 3.39. The molecule has 0 aromatic heterocycles. The van der Waals surface area contributed by atoms with Crippen molar-refractivity contribution in [3.05, 3.63) is 0 Å². The minimum atomic E-state index is -3.69. The van der Waals surface area contributed by atoms with Crippen LogP contribution in [0.1, 0.15) is 0 Å². The van der Waals surface area contributed by atoms with E-state index in [4.69, 9.17) is 68.3 Å².